The van der Waals surface area contributed by atoms with Gasteiger partial charge in [0.15, 0.2) is 0 Å². The third-order valence-electron chi connectivity index (χ3n) is 14.0. The Kier molecular flexibility index (Phi) is 8.39. The lowest BCUT2D eigenvalue weighted by molar-refractivity contribution is 0.589. The minimum absolute atomic E-state index is 0.00565. The molecule has 0 saturated heterocycles. The van der Waals surface area contributed by atoms with Crippen LogP contribution < -0.4 is 42.6 Å². The number of fused-ring (bicyclic) bond motifs is 10. The predicted molar refractivity (Wildman–Crippen MR) is 271 cm³/mol. The molecule has 0 N–H and O–H groups in total. The number of halogens is 2. The topological polar surface area (TPSA) is 6.48 Å². The molecule has 308 valence electrons. The monoisotopic (exact) mass is 856 g/mol. The van der Waals surface area contributed by atoms with Crippen LogP contribution >= 0.6 is 11.8 Å². The fourth-order valence-electron chi connectivity index (χ4n) is 11.2. The van der Waals surface area contributed by atoms with Crippen molar-refractivity contribution in [3.8, 4) is 33.4 Å². The number of hydrogen-bond donors (Lipinski definition) is 0. The van der Waals surface area contributed by atoms with Crippen LogP contribution in [0.5, 0.6) is 0 Å². The zero-order valence-corrected chi connectivity index (χ0v) is 36.9. The van der Waals surface area contributed by atoms with Crippen molar-refractivity contribution in [2.75, 3.05) is 9.80 Å². The lowest BCUT2D eigenvalue weighted by Gasteiger charge is -2.50. The van der Waals surface area contributed by atoms with Crippen molar-refractivity contribution in [1.82, 2.24) is 0 Å². The summed E-state index contributed by atoms with van der Waals surface area (Å²) in [5.74, 6) is -1.17. The molecule has 4 aliphatic rings. The molecule has 0 radical (unpaired) electrons. The van der Waals surface area contributed by atoms with Gasteiger partial charge < -0.3 is 9.80 Å². The van der Waals surface area contributed by atoms with E-state index in [1.165, 1.54) is 34.7 Å². The van der Waals surface area contributed by atoms with Crippen molar-refractivity contribution in [2.24, 2.45) is 0 Å². The zero-order valence-electron chi connectivity index (χ0n) is 36.1. The van der Waals surface area contributed by atoms with Gasteiger partial charge in [-0.25, -0.2) is 8.78 Å². The van der Waals surface area contributed by atoms with Gasteiger partial charge in [0.1, 0.15) is 11.6 Å². The maximum atomic E-state index is 17.1. The van der Waals surface area contributed by atoms with Crippen LogP contribution in [0.1, 0.15) is 26.3 Å². The van der Waals surface area contributed by atoms with Crippen LogP contribution in [0.15, 0.2) is 198 Å². The molecule has 0 bridgehead atoms. The van der Waals surface area contributed by atoms with E-state index in [2.05, 4.69) is 200 Å². The number of nitrogens with zero attached hydrogens (tertiary/aromatic N) is 2. The van der Waals surface area contributed by atoms with Crippen molar-refractivity contribution in [3.05, 3.63) is 205 Å². The van der Waals surface area contributed by atoms with Crippen LogP contribution in [-0.2, 0) is 5.41 Å². The van der Waals surface area contributed by atoms with Crippen molar-refractivity contribution >= 4 is 92.1 Å². The molecule has 0 spiro atoms. The second kappa shape index (κ2) is 14.2. The maximum absolute atomic E-state index is 17.1. The van der Waals surface area contributed by atoms with Crippen LogP contribution in [0, 0.1) is 11.6 Å². The van der Waals surface area contributed by atoms with Gasteiger partial charge >= 0.3 is 0 Å². The Bertz CT molecular complexity index is 3420. The second-order valence-electron chi connectivity index (χ2n) is 18.6. The molecule has 0 saturated carbocycles. The van der Waals surface area contributed by atoms with E-state index < -0.39 is 11.6 Å². The molecule has 0 aliphatic carbocycles. The summed E-state index contributed by atoms with van der Waals surface area (Å²) in [5.41, 5.74) is 19.2. The number of rotatable bonds is 4. The van der Waals surface area contributed by atoms with Gasteiger partial charge in [-0.15, -0.1) is 0 Å². The Morgan fingerprint density at radius 2 is 0.877 bits per heavy atom. The third-order valence-corrected chi connectivity index (χ3v) is 15.3. The molecule has 7 heteroatoms. The second-order valence-corrected chi connectivity index (χ2v) is 19.7. The summed E-state index contributed by atoms with van der Waals surface area (Å²) in [6.07, 6.45) is 0. The average Bonchev–Trinajstić information content (AvgIpc) is 3.34. The quantitative estimate of drug-likeness (QED) is 0.163. The Labute approximate surface area is 383 Å². The van der Waals surface area contributed by atoms with E-state index in [4.69, 9.17) is 0 Å². The van der Waals surface area contributed by atoms with Crippen LogP contribution in [0.4, 0.5) is 42.9 Å². The van der Waals surface area contributed by atoms with Gasteiger partial charge in [-0.1, -0.05) is 184 Å². The molecule has 9 aromatic rings. The van der Waals surface area contributed by atoms with Crippen LogP contribution in [0.3, 0.4) is 0 Å². The minimum atomic E-state index is -0.584. The van der Waals surface area contributed by atoms with E-state index in [1.54, 1.807) is 11.8 Å². The fourth-order valence-corrected chi connectivity index (χ4v) is 12.5. The Morgan fingerprint density at radius 1 is 0.415 bits per heavy atom. The van der Waals surface area contributed by atoms with Crippen LogP contribution in [0.25, 0.3) is 33.4 Å². The highest BCUT2D eigenvalue weighted by Crippen LogP contribution is 2.55. The van der Waals surface area contributed by atoms with Crippen molar-refractivity contribution in [1.29, 1.82) is 0 Å². The summed E-state index contributed by atoms with van der Waals surface area (Å²) in [5, 5.41) is 0. The van der Waals surface area contributed by atoms with E-state index in [0.29, 0.717) is 5.56 Å². The van der Waals surface area contributed by atoms with Gasteiger partial charge in [-0.05, 0) is 97.4 Å². The standard InChI is InChI=1S/C58H40B2F2N2S/c1-58(2,3)38-33-31-36(32-34-38)35-27-29-37(30-28-35)39-15-4-9-22-46(39)63-47-23-10-5-16-40(47)59-41-17-6-11-24-48(41)64-49-25-12-7-18-42(49)60-43-19-8-13-26-50(43)65-57-52(51-44(61)20-14-21-45(51)62)55(63)53(59)56(64)54(57)60/h4-34H,1-3H3. The Balaban J connectivity index is 1.13. The highest BCUT2D eigenvalue weighted by Gasteiger charge is 2.52. The van der Waals surface area contributed by atoms with E-state index in [0.717, 1.165) is 88.0 Å². The Morgan fingerprint density at radius 3 is 1.46 bits per heavy atom. The van der Waals surface area contributed by atoms with Gasteiger partial charge in [0, 0.05) is 43.7 Å². The average molecular weight is 857 g/mol. The van der Waals surface area contributed by atoms with Gasteiger partial charge in [-0.2, -0.15) is 0 Å². The summed E-state index contributed by atoms with van der Waals surface area (Å²) in [6, 6.07) is 65.1. The summed E-state index contributed by atoms with van der Waals surface area (Å²) in [4.78, 5) is 6.75. The molecule has 0 aromatic heterocycles. The molecule has 0 amide bonds. The molecule has 65 heavy (non-hydrogen) atoms. The number of para-hydroxylation sites is 4. The lowest BCUT2D eigenvalue weighted by Crippen LogP contribution is -2.68. The summed E-state index contributed by atoms with van der Waals surface area (Å²) >= 11 is 1.64. The highest BCUT2D eigenvalue weighted by molar-refractivity contribution is 8.00. The van der Waals surface area contributed by atoms with Crippen molar-refractivity contribution < 1.29 is 8.78 Å². The first-order valence-corrected chi connectivity index (χ1v) is 23.2. The van der Waals surface area contributed by atoms with E-state index in [-0.39, 0.29) is 24.4 Å². The van der Waals surface area contributed by atoms with Crippen molar-refractivity contribution in [3.63, 3.8) is 0 Å². The van der Waals surface area contributed by atoms with Crippen LogP contribution in [-0.4, -0.2) is 13.4 Å². The van der Waals surface area contributed by atoms with E-state index in [9.17, 15) is 0 Å². The maximum Gasteiger partial charge on any atom is 0.252 e. The molecule has 13 rings (SSSR count). The lowest BCUT2D eigenvalue weighted by atomic mass is 9.29. The molecule has 4 heterocycles. The third kappa shape index (κ3) is 5.55. The largest absolute Gasteiger partial charge is 0.312 e. The number of anilines is 6. The Hall–Kier alpha value is -7.08. The zero-order chi connectivity index (χ0) is 43.7. The first-order valence-electron chi connectivity index (χ1n) is 22.4. The molecule has 2 nitrogen and oxygen atoms in total. The first kappa shape index (κ1) is 38.4. The normalized spacial score (nSPS) is 13.7. The summed E-state index contributed by atoms with van der Waals surface area (Å²) in [6.45, 7) is 6.34. The van der Waals surface area contributed by atoms with Gasteiger partial charge in [0.2, 0.25) is 6.71 Å². The molecule has 4 aliphatic heterocycles. The first-order chi connectivity index (χ1) is 31.8. The molecule has 0 atom stereocenters. The smallest absolute Gasteiger partial charge is 0.252 e. The molecular formula is C58H40B2F2N2S. The SMILES string of the molecule is CC(C)(C)c1ccc(-c2ccc(-c3ccccc3N3c4ccccc4B4c5ccccc5N5c6ccccc6B6c7ccccc7Sc7c6c5c4c3c7-c3c(F)cccc3F)cc2)cc1. The number of hydrogen-bond acceptors (Lipinski definition) is 3. The van der Waals surface area contributed by atoms with Crippen LogP contribution in [0.2, 0.25) is 0 Å². The van der Waals surface area contributed by atoms with Crippen molar-refractivity contribution in [2.45, 2.75) is 36.0 Å². The fraction of sp³-hybridized carbons (Fsp3) is 0.0690. The van der Waals surface area contributed by atoms with E-state index in [1.807, 2.05) is 0 Å². The van der Waals surface area contributed by atoms with Gasteiger partial charge in [0.05, 0.1) is 16.9 Å². The summed E-state index contributed by atoms with van der Waals surface area (Å²) in [7, 11) is 0. The molecule has 9 aromatic carbocycles. The van der Waals surface area contributed by atoms with Gasteiger partial charge in [0.25, 0.3) is 6.71 Å². The summed E-state index contributed by atoms with van der Waals surface area (Å²) < 4.78 is 34.2. The number of benzene rings is 9. The minimum Gasteiger partial charge on any atom is -0.312 e. The van der Waals surface area contributed by atoms with Gasteiger partial charge in [-0.3, -0.25) is 0 Å². The molecule has 0 fully saturated rings. The molecular weight excluding hydrogens is 816 g/mol. The predicted octanol–water partition coefficient (Wildman–Crippen LogP) is 11.6. The molecule has 0 unspecified atom stereocenters. The highest BCUT2D eigenvalue weighted by atomic mass is 32.2. The van der Waals surface area contributed by atoms with E-state index >= 15 is 8.78 Å².